The molecule has 1 amide bonds. The molecule has 0 saturated carbocycles. The average Bonchev–Trinajstić information content (AvgIpc) is 3.36. The first-order chi connectivity index (χ1) is 15.4. The van der Waals surface area contributed by atoms with Crippen molar-refractivity contribution >= 4 is 34.6 Å². The van der Waals surface area contributed by atoms with Crippen molar-refractivity contribution in [3.63, 3.8) is 0 Å². The van der Waals surface area contributed by atoms with Crippen LogP contribution in [0.4, 0.5) is 0 Å². The third-order valence-electron chi connectivity index (χ3n) is 5.23. The molecule has 5 nitrogen and oxygen atoms in total. The van der Waals surface area contributed by atoms with E-state index >= 15 is 0 Å². The molecule has 2 aromatic rings. The normalized spacial score (nSPS) is 17.4. The Morgan fingerprint density at radius 2 is 2.19 bits per heavy atom. The summed E-state index contributed by atoms with van der Waals surface area (Å²) in [6.45, 7) is 1.92. The maximum Gasteiger partial charge on any atom is 0.244 e. The van der Waals surface area contributed by atoms with Gasteiger partial charge in [-0.2, -0.15) is 0 Å². The van der Waals surface area contributed by atoms with Crippen LogP contribution in [-0.4, -0.2) is 24.3 Å². The molecule has 4 rings (SSSR count). The molecule has 0 bridgehead atoms. The first kappa shape index (κ1) is 22.1. The summed E-state index contributed by atoms with van der Waals surface area (Å²) in [6, 6.07) is 7.66. The molecule has 1 aliphatic heterocycles. The molecule has 1 aromatic carbocycles. The van der Waals surface area contributed by atoms with E-state index in [1.807, 2.05) is 48.6 Å². The molecule has 0 saturated heterocycles. The van der Waals surface area contributed by atoms with Crippen molar-refractivity contribution in [3.8, 4) is 16.2 Å². The summed E-state index contributed by atoms with van der Waals surface area (Å²) in [5, 5.41) is 3.41. The van der Waals surface area contributed by atoms with E-state index in [1.54, 1.807) is 13.0 Å². The Morgan fingerprint density at radius 1 is 1.34 bits per heavy atom. The summed E-state index contributed by atoms with van der Waals surface area (Å²) >= 11 is 7.92. The van der Waals surface area contributed by atoms with E-state index in [-0.39, 0.29) is 17.8 Å². The number of carbonyl (C=O) groups is 2. The minimum absolute atomic E-state index is 0.0485. The van der Waals surface area contributed by atoms with Gasteiger partial charge in [0.1, 0.15) is 11.9 Å². The zero-order valence-electron chi connectivity index (χ0n) is 17.6. The quantitative estimate of drug-likeness (QED) is 0.465. The van der Waals surface area contributed by atoms with Gasteiger partial charge in [0, 0.05) is 28.6 Å². The molecule has 2 heterocycles. The van der Waals surface area contributed by atoms with E-state index in [2.05, 4.69) is 5.32 Å². The Bertz CT molecular complexity index is 1190. The van der Waals surface area contributed by atoms with Gasteiger partial charge in [-0.05, 0) is 60.9 Å². The van der Waals surface area contributed by atoms with Crippen molar-refractivity contribution in [1.82, 2.24) is 5.32 Å². The van der Waals surface area contributed by atoms with Crippen molar-refractivity contribution in [2.75, 3.05) is 6.54 Å². The lowest BCUT2D eigenvalue weighted by molar-refractivity contribution is -0.116. The fourth-order valence-corrected chi connectivity index (χ4v) is 4.76. The highest BCUT2D eigenvalue weighted by Gasteiger charge is 2.26. The highest BCUT2D eigenvalue weighted by molar-refractivity contribution is 7.17. The Hall–Kier alpha value is -3.09. The molecule has 7 heteroatoms. The van der Waals surface area contributed by atoms with Gasteiger partial charge in [0.15, 0.2) is 5.78 Å². The van der Waals surface area contributed by atoms with Gasteiger partial charge in [0.05, 0.1) is 16.4 Å². The predicted octanol–water partition coefficient (Wildman–Crippen LogP) is 4.98. The van der Waals surface area contributed by atoms with E-state index < -0.39 is 0 Å². The van der Waals surface area contributed by atoms with E-state index in [9.17, 15) is 9.59 Å². The lowest BCUT2D eigenvalue weighted by atomic mass is 10.1. The fraction of sp³-hybridized carbons (Fsp3) is 0.200. The number of benzene rings is 1. The van der Waals surface area contributed by atoms with Gasteiger partial charge in [-0.3, -0.25) is 9.59 Å². The molecule has 1 unspecified atom stereocenters. The number of ether oxygens (including phenoxy) is 1. The van der Waals surface area contributed by atoms with Crippen molar-refractivity contribution in [2.24, 2.45) is 5.73 Å². The summed E-state index contributed by atoms with van der Waals surface area (Å²) < 4.78 is 5.98. The maximum absolute atomic E-state index is 12.3. The summed E-state index contributed by atoms with van der Waals surface area (Å²) in [4.78, 5) is 25.6. The second-order valence-corrected chi connectivity index (χ2v) is 9.13. The van der Waals surface area contributed by atoms with Crippen LogP contribution in [0.15, 0.2) is 72.0 Å². The number of thiophene rings is 1. The highest BCUT2D eigenvalue weighted by atomic mass is 35.5. The molecule has 1 aromatic heterocycles. The minimum atomic E-state index is -0.211. The summed E-state index contributed by atoms with van der Waals surface area (Å²) in [5.41, 5.74) is 9.39. The number of rotatable bonds is 6. The predicted molar refractivity (Wildman–Crippen MR) is 129 cm³/mol. The molecular formula is C25H23ClN2O3S. The maximum atomic E-state index is 12.3. The van der Waals surface area contributed by atoms with Gasteiger partial charge >= 0.3 is 0 Å². The van der Waals surface area contributed by atoms with Crippen LogP contribution in [0.2, 0.25) is 5.02 Å². The molecule has 2 aliphatic rings. The molecular weight excluding hydrogens is 444 g/mol. The fourth-order valence-electron chi connectivity index (χ4n) is 3.59. The molecule has 0 fully saturated rings. The largest absolute Gasteiger partial charge is 0.486 e. The number of allylic oxidation sites excluding steroid dienone is 5. The zero-order valence-corrected chi connectivity index (χ0v) is 19.1. The number of halogens is 1. The van der Waals surface area contributed by atoms with Crippen LogP contribution >= 0.6 is 22.9 Å². The number of hydrogen-bond acceptors (Lipinski definition) is 5. The number of Topliss-reactive ketones (excluding diaryl/α,β-unsaturated/α-hetero) is 1. The topological polar surface area (TPSA) is 81.4 Å². The van der Waals surface area contributed by atoms with Crippen LogP contribution in [0, 0.1) is 0 Å². The Morgan fingerprint density at radius 3 is 2.97 bits per heavy atom. The number of nitrogens with one attached hydrogen (secondary N) is 1. The zero-order chi connectivity index (χ0) is 22.7. The van der Waals surface area contributed by atoms with Crippen molar-refractivity contribution < 1.29 is 14.3 Å². The summed E-state index contributed by atoms with van der Waals surface area (Å²) in [5.74, 6) is 0.493. The number of ketones is 1. The number of fused-ring (bicyclic) bond motifs is 1. The molecule has 164 valence electrons. The second-order valence-electron chi connectivity index (χ2n) is 7.63. The van der Waals surface area contributed by atoms with Crippen LogP contribution in [-0.2, 0) is 11.2 Å². The number of nitrogens with two attached hydrogens (primary N) is 1. The number of carbonyl (C=O) groups excluding carboxylic acids is 2. The molecule has 1 atom stereocenters. The minimum Gasteiger partial charge on any atom is -0.486 e. The van der Waals surface area contributed by atoms with Gasteiger partial charge in [-0.15, -0.1) is 11.3 Å². The molecule has 0 spiro atoms. The van der Waals surface area contributed by atoms with E-state index in [0.717, 1.165) is 32.9 Å². The third kappa shape index (κ3) is 5.03. The van der Waals surface area contributed by atoms with Gasteiger partial charge < -0.3 is 15.8 Å². The second kappa shape index (κ2) is 9.59. The molecule has 3 N–H and O–H groups in total. The summed E-state index contributed by atoms with van der Waals surface area (Å²) in [7, 11) is 0. The van der Waals surface area contributed by atoms with Crippen molar-refractivity contribution in [2.45, 2.75) is 25.9 Å². The van der Waals surface area contributed by atoms with Crippen molar-refractivity contribution in [1.29, 1.82) is 0 Å². The SMILES string of the molecule is CC(=O)c1ccc(-c2cc(Cl)c3c(c2)CC(CNC(=O)/C=C/C2=CCC=CC=C2N)O3)s1. The van der Waals surface area contributed by atoms with Gasteiger partial charge in [0.2, 0.25) is 5.91 Å². The summed E-state index contributed by atoms with van der Waals surface area (Å²) in [6.07, 6.45) is 12.1. The van der Waals surface area contributed by atoms with E-state index in [4.69, 9.17) is 22.1 Å². The van der Waals surface area contributed by atoms with Crippen LogP contribution in [0.3, 0.4) is 0 Å². The molecule has 32 heavy (non-hydrogen) atoms. The number of hydrogen-bond donors (Lipinski definition) is 2. The average molecular weight is 467 g/mol. The third-order valence-corrected chi connectivity index (χ3v) is 6.74. The monoisotopic (exact) mass is 466 g/mol. The van der Waals surface area contributed by atoms with Crippen molar-refractivity contribution in [3.05, 3.63) is 87.5 Å². The van der Waals surface area contributed by atoms with Crippen LogP contribution in [0.25, 0.3) is 10.4 Å². The Kier molecular flexibility index (Phi) is 6.63. The molecule has 0 radical (unpaired) electrons. The van der Waals surface area contributed by atoms with Crippen LogP contribution in [0.1, 0.15) is 28.6 Å². The van der Waals surface area contributed by atoms with Gasteiger partial charge in [-0.1, -0.05) is 29.8 Å². The smallest absolute Gasteiger partial charge is 0.244 e. The standard InChI is InChI=1S/C25H23ClN2O3S/c1-15(29)22-8-9-23(32-22)17-11-18-12-19(31-25(18)20(26)13-17)14-28-24(30)10-7-16-5-3-2-4-6-21(16)27/h2,4-11,13,19H,3,12,14,27H2,1H3,(H,28,30)/b10-7+. The Labute approximate surface area is 195 Å². The first-order valence-corrected chi connectivity index (χ1v) is 11.5. The van der Waals surface area contributed by atoms with Gasteiger partial charge in [0.25, 0.3) is 0 Å². The molecule has 1 aliphatic carbocycles. The lowest BCUT2D eigenvalue weighted by Gasteiger charge is -2.11. The van der Waals surface area contributed by atoms with E-state index in [1.165, 1.54) is 17.4 Å². The Balaban J connectivity index is 1.37. The van der Waals surface area contributed by atoms with Gasteiger partial charge in [-0.25, -0.2) is 0 Å². The van der Waals surface area contributed by atoms with Crippen LogP contribution < -0.4 is 15.8 Å². The first-order valence-electron chi connectivity index (χ1n) is 10.3. The lowest BCUT2D eigenvalue weighted by Crippen LogP contribution is -2.33. The van der Waals surface area contributed by atoms with E-state index in [0.29, 0.717) is 29.4 Å². The van der Waals surface area contributed by atoms with Crippen LogP contribution in [0.5, 0.6) is 5.75 Å². The number of amides is 1. The highest BCUT2D eigenvalue weighted by Crippen LogP contribution is 2.41.